The molecule has 0 aliphatic carbocycles. The third kappa shape index (κ3) is 6.55. The fraction of sp³-hybridized carbons (Fsp3) is 0.478. The van der Waals surface area contributed by atoms with Gasteiger partial charge >= 0.3 is 0 Å². The van der Waals surface area contributed by atoms with Crippen LogP contribution in [0.4, 0.5) is 0 Å². The van der Waals surface area contributed by atoms with Gasteiger partial charge in [0.15, 0.2) is 0 Å². The molecule has 0 spiro atoms. The first kappa shape index (κ1) is 23.5. The van der Waals surface area contributed by atoms with Crippen LogP contribution in [0.3, 0.4) is 0 Å². The van der Waals surface area contributed by atoms with Crippen molar-refractivity contribution in [3.63, 3.8) is 0 Å². The van der Waals surface area contributed by atoms with Crippen LogP contribution in [0.2, 0.25) is 0 Å². The molecular formula is C23H34N4O. The predicted molar refractivity (Wildman–Crippen MR) is 118 cm³/mol. The van der Waals surface area contributed by atoms with E-state index in [1.165, 1.54) is 11.9 Å². The van der Waals surface area contributed by atoms with Crippen LogP contribution >= 0.6 is 0 Å². The molecule has 5 nitrogen and oxygen atoms in total. The minimum Gasteiger partial charge on any atom is -0.399 e. The average molecular weight is 383 g/mol. The quantitative estimate of drug-likeness (QED) is 0.369. The lowest BCUT2D eigenvalue weighted by atomic mass is 9.79. The molecule has 2 unspecified atom stereocenters. The Morgan fingerprint density at radius 3 is 2.75 bits per heavy atom. The molecule has 0 radical (unpaired) electrons. The Labute approximate surface area is 169 Å². The second kappa shape index (κ2) is 11.3. The van der Waals surface area contributed by atoms with Gasteiger partial charge in [-0.2, -0.15) is 0 Å². The number of allylic oxidation sites excluding steroid dienone is 4. The van der Waals surface area contributed by atoms with Gasteiger partial charge in [-0.1, -0.05) is 68.8 Å². The average Bonchev–Trinajstić information content (AvgIpc) is 2.69. The van der Waals surface area contributed by atoms with Gasteiger partial charge in [0.1, 0.15) is 11.9 Å². The summed E-state index contributed by atoms with van der Waals surface area (Å²) in [7, 11) is 0. The molecule has 152 valence electrons. The van der Waals surface area contributed by atoms with Crippen LogP contribution in [0.5, 0.6) is 0 Å². The van der Waals surface area contributed by atoms with Gasteiger partial charge in [0.25, 0.3) is 0 Å². The maximum atomic E-state index is 11.8. The summed E-state index contributed by atoms with van der Waals surface area (Å²) in [6.45, 7) is 15.7. The van der Waals surface area contributed by atoms with Crippen molar-refractivity contribution < 1.29 is 0 Å². The first-order chi connectivity index (χ1) is 13.3. The Morgan fingerprint density at radius 2 is 2.14 bits per heavy atom. The lowest BCUT2D eigenvalue weighted by molar-refractivity contribution is 0.290. The number of hydrogen-bond donors (Lipinski definition) is 1. The molecule has 0 aliphatic heterocycles. The van der Waals surface area contributed by atoms with E-state index in [9.17, 15) is 4.91 Å². The number of nitrogens with two attached hydrogens (primary N) is 1. The number of hydrogen-bond acceptors (Lipinski definition) is 5. The summed E-state index contributed by atoms with van der Waals surface area (Å²) in [5, 5.41) is 3.52. The molecule has 1 heterocycles. The van der Waals surface area contributed by atoms with Crippen LogP contribution in [0, 0.1) is 10.8 Å². The van der Waals surface area contributed by atoms with Crippen molar-refractivity contribution in [2.24, 2.45) is 16.8 Å². The lowest BCUT2D eigenvalue weighted by Crippen LogP contribution is -2.30. The van der Waals surface area contributed by atoms with Gasteiger partial charge in [-0.15, -0.1) is 4.91 Å². The van der Waals surface area contributed by atoms with Crippen molar-refractivity contribution in [2.75, 3.05) is 0 Å². The highest BCUT2D eigenvalue weighted by Gasteiger charge is 2.37. The molecule has 0 fully saturated rings. The molecule has 1 aromatic heterocycles. The molecule has 0 aromatic carbocycles. The standard InChI is InChI=1S/C23H34N4O/c1-7-8-12-19(4)23(6,27-28)22-21(15-25-16-26-22)14-13-17(2)10-9-11-18(3)20(5)24/h9-11,15-16,19H,3,5,7-8,12-14,24H2,1-2,4,6H3/b11-9-,17-10+. The summed E-state index contributed by atoms with van der Waals surface area (Å²) in [4.78, 5) is 20.5. The Bertz CT molecular complexity index is 751. The highest BCUT2D eigenvalue weighted by Crippen LogP contribution is 2.37. The van der Waals surface area contributed by atoms with Crippen LogP contribution < -0.4 is 5.73 Å². The normalized spacial score (nSPS) is 15.2. The number of aryl methyl sites for hydroxylation is 1. The number of nitroso groups, excluding NO2 is 1. The molecule has 2 N–H and O–H groups in total. The van der Waals surface area contributed by atoms with E-state index in [0.717, 1.165) is 43.4 Å². The Morgan fingerprint density at radius 1 is 1.43 bits per heavy atom. The van der Waals surface area contributed by atoms with Crippen molar-refractivity contribution in [1.29, 1.82) is 0 Å². The lowest BCUT2D eigenvalue weighted by Gasteiger charge is -2.29. The maximum absolute atomic E-state index is 11.8. The topological polar surface area (TPSA) is 81.2 Å². The number of nitrogens with zero attached hydrogens (tertiary/aromatic N) is 3. The van der Waals surface area contributed by atoms with Gasteiger partial charge in [0.2, 0.25) is 0 Å². The van der Waals surface area contributed by atoms with E-state index in [1.807, 2.05) is 31.3 Å². The molecule has 0 amide bonds. The van der Waals surface area contributed by atoms with E-state index in [0.29, 0.717) is 11.3 Å². The summed E-state index contributed by atoms with van der Waals surface area (Å²) in [6, 6.07) is 0. The smallest absolute Gasteiger partial charge is 0.144 e. The van der Waals surface area contributed by atoms with Crippen LogP contribution in [-0.2, 0) is 12.0 Å². The summed E-state index contributed by atoms with van der Waals surface area (Å²) in [5.41, 5.74) is 8.84. The molecule has 0 bridgehead atoms. The van der Waals surface area contributed by atoms with Gasteiger partial charge in [0, 0.05) is 11.9 Å². The zero-order valence-electron chi connectivity index (χ0n) is 17.7. The van der Waals surface area contributed by atoms with Gasteiger partial charge in [-0.25, -0.2) is 9.97 Å². The van der Waals surface area contributed by atoms with E-state index >= 15 is 0 Å². The largest absolute Gasteiger partial charge is 0.399 e. The number of rotatable bonds is 12. The summed E-state index contributed by atoms with van der Waals surface area (Å²) in [6.07, 6.45) is 13.8. The zero-order chi connectivity index (χ0) is 21.2. The molecule has 0 saturated carbocycles. The summed E-state index contributed by atoms with van der Waals surface area (Å²) < 4.78 is 0. The van der Waals surface area contributed by atoms with E-state index in [2.05, 4.69) is 49.1 Å². The van der Waals surface area contributed by atoms with Crippen molar-refractivity contribution in [2.45, 2.75) is 65.3 Å². The highest BCUT2D eigenvalue weighted by atomic mass is 16.3. The van der Waals surface area contributed by atoms with Crippen LogP contribution in [0.25, 0.3) is 0 Å². The van der Waals surface area contributed by atoms with Gasteiger partial charge in [0.05, 0.1) is 5.69 Å². The van der Waals surface area contributed by atoms with Crippen LogP contribution in [-0.4, -0.2) is 9.97 Å². The second-order valence-electron chi connectivity index (χ2n) is 7.60. The van der Waals surface area contributed by atoms with Crippen LogP contribution in [0.15, 0.2) is 65.9 Å². The van der Waals surface area contributed by atoms with Gasteiger partial charge in [-0.3, -0.25) is 0 Å². The summed E-state index contributed by atoms with van der Waals surface area (Å²) >= 11 is 0. The second-order valence-corrected chi connectivity index (χ2v) is 7.60. The summed E-state index contributed by atoms with van der Waals surface area (Å²) in [5.74, 6) is 0.119. The van der Waals surface area contributed by atoms with Gasteiger partial charge in [-0.05, 0) is 50.2 Å². The number of aromatic nitrogens is 2. The van der Waals surface area contributed by atoms with E-state index in [1.54, 1.807) is 0 Å². The first-order valence-electron chi connectivity index (χ1n) is 9.87. The molecular weight excluding hydrogens is 348 g/mol. The monoisotopic (exact) mass is 382 g/mol. The molecule has 1 aromatic rings. The number of unbranched alkanes of at least 4 members (excludes halogenated alkanes) is 1. The molecule has 1 rings (SSSR count). The Hall–Kier alpha value is -2.56. The SMILES string of the molecule is C=C(N)C(=C)/C=C\C=C(/C)CCc1cncnc1C(C)(N=O)C(C)CCCC. The van der Waals surface area contributed by atoms with Crippen molar-refractivity contribution in [3.05, 3.63) is 76.9 Å². The zero-order valence-corrected chi connectivity index (χ0v) is 17.7. The van der Waals surface area contributed by atoms with Crippen molar-refractivity contribution in [1.82, 2.24) is 9.97 Å². The van der Waals surface area contributed by atoms with E-state index in [-0.39, 0.29) is 5.92 Å². The van der Waals surface area contributed by atoms with Crippen molar-refractivity contribution in [3.8, 4) is 0 Å². The molecule has 28 heavy (non-hydrogen) atoms. The van der Waals surface area contributed by atoms with Gasteiger partial charge < -0.3 is 5.73 Å². The fourth-order valence-electron chi connectivity index (χ4n) is 3.01. The molecule has 5 heteroatoms. The van der Waals surface area contributed by atoms with Crippen molar-refractivity contribution >= 4 is 0 Å². The predicted octanol–water partition coefficient (Wildman–Crippen LogP) is 5.75. The molecule has 0 saturated heterocycles. The molecule has 0 aliphatic rings. The van der Waals surface area contributed by atoms with E-state index in [4.69, 9.17) is 5.73 Å². The third-order valence-corrected chi connectivity index (χ3v) is 5.29. The first-order valence-corrected chi connectivity index (χ1v) is 9.87. The van der Waals surface area contributed by atoms with Crippen LogP contribution in [0.1, 0.15) is 64.6 Å². The fourth-order valence-corrected chi connectivity index (χ4v) is 3.01. The maximum Gasteiger partial charge on any atom is 0.144 e. The highest BCUT2D eigenvalue weighted by molar-refractivity contribution is 5.35. The Balaban J connectivity index is 2.95. The molecule has 2 atom stereocenters. The Kier molecular flexibility index (Phi) is 9.49. The minimum absolute atomic E-state index is 0.119. The third-order valence-electron chi connectivity index (χ3n) is 5.29. The minimum atomic E-state index is -0.843. The van der Waals surface area contributed by atoms with E-state index < -0.39 is 5.54 Å².